The smallest absolute Gasteiger partial charge is 0.263 e. The van der Waals surface area contributed by atoms with E-state index in [1.165, 1.54) is 11.3 Å². The number of carbonyl (C=O) groups is 1. The van der Waals surface area contributed by atoms with Crippen molar-refractivity contribution in [3.05, 3.63) is 35.3 Å². The van der Waals surface area contributed by atoms with Crippen LogP contribution in [-0.4, -0.2) is 30.6 Å². The lowest BCUT2D eigenvalue weighted by Gasteiger charge is -2.18. The molecule has 0 radical (unpaired) electrons. The summed E-state index contributed by atoms with van der Waals surface area (Å²) in [5.74, 6) is 1.15. The second-order valence-corrected chi connectivity index (χ2v) is 6.80. The van der Waals surface area contributed by atoms with E-state index in [0.717, 1.165) is 35.6 Å². The van der Waals surface area contributed by atoms with E-state index in [1.807, 2.05) is 24.3 Å². The Morgan fingerprint density at radius 1 is 1.39 bits per heavy atom. The summed E-state index contributed by atoms with van der Waals surface area (Å²) in [7, 11) is 1.64. The van der Waals surface area contributed by atoms with Gasteiger partial charge in [0.1, 0.15) is 15.6 Å². The maximum Gasteiger partial charge on any atom is 0.263 e. The minimum absolute atomic E-state index is 0.0485. The summed E-state index contributed by atoms with van der Waals surface area (Å²) in [6, 6.07) is 7.86. The van der Waals surface area contributed by atoms with E-state index < -0.39 is 0 Å². The molecule has 1 aromatic heterocycles. The summed E-state index contributed by atoms with van der Waals surface area (Å²) in [6.45, 7) is 0.630. The van der Waals surface area contributed by atoms with Gasteiger partial charge >= 0.3 is 0 Å². The van der Waals surface area contributed by atoms with E-state index in [2.05, 4.69) is 10.3 Å². The van der Waals surface area contributed by atoms with E-state index in [9.17, 15) is 4.79 Å². The Morgan fingerprint density at radius 2 is 2.17 bits per heavy atom. The lowest BCUT2D eigenvalue weighted by atomic mass is 10.0. The molecule has 0 bridgehead atoms. The highest BCUT2D eigenvalue weighted by Gasteiger charge is 2.28. The van der Waals surface area contributed by atoms with Crippen LogP contribution in [-0.2, 0) is 0 Å². The highest BCUT2D eigenvalue weighted by Crippen LogP contribution is 2.28. The summed E-state index contributed by atoms with van der Waals surface area (Å²) in [4.78, 5) is 17.4. The lowest BCUT2D eigenvalue weighted by molar-refractivity contribution is 0.0932. The molecule has 6 heteroatoms. The van der Waals surface area contributed by atoms with Crippen LogP contribution in [0.25, 0.3) is 10.6 Å². The molecular weight excluding hydrogens is 310 g/mol. The minimum Gasteiger partial charge on any atom is -0.497 e. The standard InChI is InChI=1S/C17H21N3O2S/c1-22-13-7-5-11(6-8-13)17-19-10-15(23-17)16(21)20-14-4-2-3-12(14)9-18/h5-8,10,12,14H,2-4,9,18H2,1H3,(H,20,21). The highest BCUT2D eigenvalue weighted by molar-refractivity contribution is 7.16. The Kier molecular flexibility index (Phi) is 4.93. The average molecular weight is 331 g/mol. The molecule has 3 rings (SSSR count). The van der Waals surface area contributed by atoms with Gasteiger partial charge in [0, 0.05) is 11.6 Å². The van der Waals surface area contributed by atoms with E-state index in [1.54, 1.807) is 13.3 Å². The van der Waals surface area contributed by atoms with Crippen LogP contribution in [0, 0.1) is 5.92 Å². The molecule has 0 aliphatic heterocycles. The van der Waals surface area contributed by atoms with Crippen molar-refractivity contribution in [1.29, 1.82) is 0 Å². The van der Waals surface area contributed by atoms with E-state index in [4.69, 9.17) is 10.5 Å². The molecule has 0 saturated heterocycles. The van der Waals surface area contributed by atoms with Gasteiger partial charge in [0.15, 0.2) is 0 Å². The highest BCUT2D eigenvalue weighted by atomic mass is 32.1. The number of rotatable bonds is 5. The van der Waals surface area contributed by atoms with Gasteiger partial charge in [0.2, 0.25) is 0 Å². The molecule has 1 aliphatic rings. The second-order valence-electron chi connectivity index (χ2n) is 5.76. The van der Waals surface area contributed by atoms with Crippen molar-refractivity contribution in [2.24, 2.45) is 11.7 Å². The fourth-order valence-electron chi connectivity index (χ4n) is 2.99. The summed E-state index contributed by atoms with van der Waals surface area (Å²) < 4.78 is 5.15. The molecule has 1 amide bonds. The van der Waals surface area contributed by atoms with Crippen LogP contribution in [0.1, 0.15) is 28.9 Å². The molecule has 122 valence electrons. The summed E-state index contributed by atoms with van der Waals surface area (Å²) in [6.07, 6.45) is 4.89. The normalized spacial score (nSPS) is 20.4. The lowest BCUT2D eigenvalue weighted by Crippen LogP contribution is -2.39. The fourth-order valence-corrected chi connectivity index (χ4v) is 3.82. The number of hydrogen-bond acceptors (Lipinski definition) is 5. The number of nitrogens with zero attached hydrogens (tertiary/aromatic N) is 1. The van der Waals surface area contributed by atoms with Gasteiger partial charge in [-0.15, -0.1) is 11.3 Å². The van der Waals surface area contributed by atoms with Gasteiger partial charge in [-0.2, -0.15) is 0 Å². The Hall–Kier alpha value is -1.92. The molecule has 1 aromatic carbocycles. The number of nitrogens with two attached hydrogens (primary N) is 1. The molecule has 3 N–H and O–H groups in total. The van der Waals surface area contributed by atoms with Crippen molar-refractivity contribution >= 4 is 17.2 Å². The van der Waals surface area contributed by atoms with Gasteiger partial charge in [-0.3, -0.25) is 4.79 Å². The van der Waals surface area contributed by atoms with Crippen molar-refractivity contribution in [2.45, 2.75) is 25.3 Å². The molecular formula is C17H21N3O2S. The Balaban J connectivity index is 1.69. The third-order valence-corrected chi connectivity index (χ3v) is 5.39. The molecule has 1 saturated carbocycles. The van der Waals surface area contributed by atoms with Crippen molar-refractivity contribution in [1.82, 2.24) is 10.3 Å². The predicted molar refractivity (Wildman–Crippen MR) is 91.8 cm³/mol. The third-order valence-electron chi connectivity index (χ3n) is 4.34. The molecule has 2 aromatic rings. The number of ether oxygens (including phenoxy) is 1. The first-order chi connectivity index (χ1) is 11.2. The van der Waals surface area contributed by atoms with Crippen molar-refractivity contribution in [3.63, 3.8) is 0 Å². The van der Waals surface area contributed by atoms with Crippen LogP contribution >= 0.6 is 11.3 Å². The molecule has 0 spiro atoms. The first-order valence-corrected chi connectivity index (χ1v) is 8.64. The van der Waals surface area contributed by atoms with Gasteiger partial charge in [-0.1, -0.05) is 6.42 Å². The van der Waals surface area contributed by atoms with Crippen LogP contribution in [0.5, 0.6) is 5.75 Å². The zero-order chi connectivity index (χ0) is 16.2. The van der Waals surface area contributed by atoms with Gasteiger partial charge in [-0.05, 0) is 49.6 Å². The maximum absolute atomic E-state index is 12.4. The first-order valence-electron chi connectivity index (χ1n) is 7.82. The minimum atomic E-state index is -0.0485. The fraction of sp³-hybridized carbons (Fsp3) is 0.412. The summed E-state index contributed by atoms with van der Waals surface area (Å²) in [5, 5.41) is 3.94. The maximum atomic E-state index is 12.4. The van der Waals surface area contributed by atoms with E-state index >= 15 is 0 Å². The number of aromatic nitrogens is 1. The number of nitrogens with one attached hydrogen (secondary N) is 1. The van der Waals surface area contributed by atoms with Crippen molar-refractivity contribution < 1.29 is 9.53 Å². The van der Waals surface area contributed by atoms with Crippen molar-refractivity contribution in [3.8, 4) is 16.3 Å². The van der Waals surface area contributed by atoms with Crippen LogP contribution in [0.15, 0.2) is 30.5 Å². The van der Waals surface area contributed by atoms with E-state index in [0.29, 0.717) is 17.3 Å². The topological polar surface area (TPSA) is 77.2 Å². The predicted octanol–water partition coefficient (Wildman–Crippen LogP) is 2.68. The average Bonchev–Trinajstić information content (AvgIpc) is 3.24. The van der Waals surface area contributed by atoms with Crippen molar-refractivity contribution in [2.75, 3.05) is 13.7 Å². The Labute approximate surface area is 139 Å². The number of carbonyl (C=O) groups excluding carboxylic acids is 1. The molecule has 1 heterocycles. The number of hydrogen-bond donors (Lipinski definition) is 2. The first kappa shape index (κ1) is 16.0. The largest absolute Gasteiger partial charge is 0.497 e. The van der Waals surface area contributed by atoms with Crippen LogP contribution in [0.4, 0.5) is 0 Å². The Bertz CT molecular complexity index is 669. The monoisotopic (exact) mass is 331 g/mol. The zero-order valence-corrected chi connectivity index (χ0v) is 13.9. The Morgan fingerprint density at radius 3 is 2.87 bits per heavy atom. The molecule has 2 unspecified atom stereocenters. The van der Waals surface area contributed by atoms with Gasteiger partial charge < -0.3 is 15.8 Å². The van der Waals surface area contributed by atoms with Crippen LogP contribution < -0.4 is 15.8 Å². The molecule has 5 nitrogen and oxygen atoms in total. The van der Waals surface area contributed by atoms with Gasteiger partial charge in [0.25, 0.3) is 5.91 Å². The number of methoxy groups -OCH3 is 1. The summed E-state index contributed by atoms with van der Waals surface area (Å²) >= 11 is 1.40. The molecule has 2 atom stereocenters. The second kappa shape index (κ2) is 7.10. The van der Waals surface area contributed by atoms with E-state index in [-0.39, 0.29) is 11.9 Å². The number of amides is 1. The third kappa shape index (κ3) is 3.54. The quantitative estimate of drug-likeness (QED) is 0.883. The van der Waals surface area contributed by atoms with Crippen LogP contribution in [0.3, 0.4) is 0 Å². The van der Waals surface area contributed by atoms with Gasteiger partial charge in [-0.25, -0.2) is 4.98 Å². The molecule has 23 heavy (non-hydrogen) atoms. The summed E-state index contributed by atoms with van der Waals surface area (Å²) in [5.41, 5.74) is 6.75. The number of benzene rings is 1. The molecule has 1 aliphatic carbocycles. The van der Waals surface area contributed by atoms with Crippen LogP contribution in [0.2, 0.25) is 0 Å². The number of thiazole rings is 1. The zero-order valence-electron chi connectivity index (χ0n) is 13.1. The SMILES string of the molecule is COc1ccc(-c2ncc(C(=O)NC3CCCC3CN)s2)cc1. The van der Waals surface area contributed by atoms with Gasteiger partial charge in [0.05, 0.1) is 13.3 Å². The molecule has 1 fully saturated rings.